The fourth-order valence-corrected chi connectivity index (χ4v) is 1.78. The second kappa shape index (κ2) is 4.35. The minimum Gasteiger partial charge on any atom is -0.218 e. The van der Waals surface area contributed by atoms with Crippen LogP contribution in [0.5, 0.6) is 0 Å². The molecule has 2 aromatic rings. The maximum Gasteiger partial charge on any atom is 0.224 e. The highest BCUT2D eigenvalue weighted by Gasteiger charge is 2.04. The van der Waals surface area contributed by atoms with Crippen LogP contribution in [0, 0.1) is 0 Å². The van der Waals surface area contributed by atoms with E-state index in [9.17, 15) is 0 Å². The standard InChI is InChI=1S/C10H5Cl3N2/c11-7-3-1-2-6(4-7)8-5-9(12)15-10(13)14-8/h1-5H. The van der Waals surface area contributed by atoms with E-state index < -0.39 is 0 Å². The number of rotatable bonds is 1. The molecule has 2 nitrogen and oxygen atoms in total. The number of nitrogens with zero attached hydrogens (tertiary/aromatic N) is 2. The van der Waals surface area contributed by atoms with Gasteiger partial charge in [-0.1, -0.05) is 35.3 Å². The zero-order valence-corrected chi connectivity index (χ0v) is 9.68. The lowest BCUT2D eigenvalue weighted by Crippen LogP contribution is -1.88. The highest BCUT2D eigenvalue weighted by molar-refractivity contribution is 6.32. The van der Waals surface area contributed by atoms with Gasteiger partial charge >= 0.3 is 0 Å². The van der Waals surface area contributed by atoms with Crippen LogP contribution in [0.1, 0.15) is 0 Å². The van der Waals surface area contributed by atoms with Gasteiger partial charge in [0.15, 0.2) is 0 Å². The molecule has 0 fully saturated rings. The number of hydrogen-bond acceptors (Lipinski definition) is 2. The summed E-state index contributed by atoms with van der Waals surface area (Å²) in [5.41, 5.74) is 1.51. The van der Waals surface area contributed by atoms with Gasteiger partial charge in [-0.05, 0) is 23.7 Å². The second-order valence-electron chi connectivity index (χ2n) is 2.86. The van der Waals surface area contributed by atoms with Gasteiger partial charge in [-0.3, -0.25) is 0 Å². The van der Waals surface area contributed by atoms with Crippen molar-refractivity contribution in [2.45, 2.75) is 0 Å². The molecule has 0 atom stereocenters. The molecule has 0 saturated heterocycles. The zero-order valence-electron chi connectivity index (χ0n) is 7.42. The van der Waals surface area contributed by atoms with Crippen LogP contribution in [0.2, 0.25) is 15.5 Å². The molecule has 0 bridgehead atoms. The maximum atomic E-state index is 5.86. The van der Waals surface area contributed by atoms with Crippen molar-refractivity contribution in [2.75, 3.05) is 0 Å². The first-order valence-electron chi connectivity index (χ1n) is 4.11. The van der Waals surface area contributed by atoms with Gasteiger partial charge in [0.2, 0.25) is 5.28 Å². The fourth-order valence-electron chi connectivity index (χ4n) is 1.19. The van der Waals surface area contributed by atoms with Crippen LogP contribution in [0.15, 0.2) is 30.3 Å². The van der Waals surface area contributed by atoms with E-state index in [0.29, 0.717) is 15.9 Å². The van der Waals surface area contributed by atoms with Crippen molar-refractivity contribution in [3.63, 3.8) is 0 Å². The molecule has 2 rings (SSSR count). The van der Waals surface area contributed by atoms with Crippen LogP contribution in [0.4, 0.5) is 0 Å². The summed E-state index contributed by atoms with van der Waals surface area (Å²) in [7, 11) is 0. The Bertz CT molecular complexity index is 480. The van der Waals surface area contributed by atoms with E-state index in [1.807, 2.05) is 12.1 Å². The first kappa shape index (κ1) is 10.7. The molecule has 0 spiro atoms. The largest absolute Gasteiger partial charge is 0.224 e. The normalized spacial score (nSPS) is 10.3. The summed E-state index contributed by atoms with van der Waals surface area (Å²) in [4.78, 5) is 7.83. The van der Waals surface area contributed by atoms with Gasteiger partial charge in [-0.15, -0.1) is 0 Å². The number of hydrogen-bond donors (Lipinski definition) is 0. The van der Waals surface area contributed by atoms with Gasteiger partial charge < -0.3 is 0 Å². The smallest absolute Gasteiger partial charge is 0.218 e. The van der Waals surface area contributed by atoms with Crippen LogP contribution >= 0.6 is 34.8 Å². The van der Waals surface area contributed by atoms with Crippen molar-refractivity contribution in [3.8, 4) is 11.3 Å². The number of halogens is 3. The maximum absolute atomic E-state index is 5.86. The Labute approximate surface area is 102 Å². The predicted octanol–water partition coefficient (Wildman–Crippen LogP) is 4.10. The first-order valence-corrected chi connectivity index (χ1v) is 5.24. The van der Waals surface area contributed by atoms with Gasteiger partial charge in [0.1, 0.15) is 5.15 Å². The van der Waals surface area contributed by atoms with E-state index in [1.54, 1.807) is 18.2 Å². The molecule has 0 unspecified atom stereocenters. The van der Waals surface area contributed by atoms with Crippen molar-refractivity contribution in [1.29, 1.82) is 0 Å². The third-order valence-corrected chi connectivity index (χ3v) is 2.39. The van der Waals surface area contributed by atoms with Crippen molar-refractivity contribution in [2.24, 2.45) is 0 Å². The van der Waals surface area contributed by atoms with Crippen LogP contribution in [0.25, 0.3) is 11.3 Å². The highest BCUT2D eigenvalue weighted by Crippen LogP contribution is 2.23. The van der Waals surface area contributed by atoms with Gasteiger partial charge in [0, 0.05) is 16.7 Å². The molecule has 0 amide bonds. The van der Waals surface area contributed by atoms with Gasteiger partial charge in [-0.2, -0.15) is 0 Å². The Balaban J connectivity index is 2.54. The number of aromatic nitrogens is 2. The second-order valence-corrected chi connectivity index (χ2v) is 4.02. The lowest BCUT2D eigenvalue weighted by molar-refractivity contribution is 1.17. The summed E-state index contributed by atoms with van der Waals surface area (Å²) in [5.74, 6) is 0. The lowest BCUT2D eigenvalue weighted by atomic mass is 10.1. The monoisotopic (exact) mass is 258 g/mol. The molecule has 15 heavy (non-hydrogen) atoms. The predicted molar refractivity (Wildman–Crippen MR) is 62.5 cm³/mol. The van der Waals surface area contributed by atoms with E-state index in [-0.39, 0.29) is 5.28 Å². The van der Waals surface area contributed by atoms with E-state index in [1.165, 1.54) is 0 Å². The molecule has 0 N–H and O–H groups in total. The molecule has 1 heterocycles. The Hall–Kier alpha value is -0.830. The Morgan fingerprint density at radius 2 is 1.73 bits per heavy atom. The summed E-state index contributed by atoms with van der Waals surface area (Å²) in [6.45, 7) is 0. The van der Waals surface area contributed by atoms with Crippen molar-refractivity contribution in [1.82, 2.24) is 9.97 Å². The summed E-state index contributed by atoms with van der Waals surface area (Å²) in [6.07, 6.45) is 0. The third kappa shape index (κ3) is 2.59. The van der Waals surface area contributed by atoms with Crippen LogP contribution in [-0.2, 0) is 0 Å². The van der Waals surface area contributed by atoms with Crippen molar-refractivity contribution in [3.05, 3.63) is 45.8 Å². The Morgan fingerprint density at radius 1 is 0.933 bits per heavy atom. The molecule has 0 aliphatic rings. The van der Waals surface area contributed by atoms with E-state index in [0.717, 1.165) is 5.56 Å². The van der Waals surface area contributed by atoms with Gasteiger partial charge in [-0.25, -0.2) is 9.97 Å². The summed E-state index contributed by atoms with van der Waals surface area (Å²) < 4.78 is 0. The van der Waals surface area contributed by atoms with Crippen molar-refractivity contribution < 1.29 is 0 Å². The third-order valence-electron chi connectivity index (χ3n) is 1.79. The van der Waals surface area contributed by atoms with Gasteiger partial charge in [0.05, 0.1) is 5.69 Å². The van der Waals surface area contributed by atoms with Gasteiger partial charge in [0.25, 0.3) is 0 Å². The topological polar surface area (TPSA) is 25.8 Å². The molecule has 0 saturated carbocycles. The molecular formula is C10H5Cl3N2. The van der Waals surface area contributed by atoms with E-state index >= 15 is 0 Å². The summed E-state index contributed by atoms with van der Waals surface area (Å²) in [6, 6.07) is 8.92. The quantitative estimate of drug-likeness (QED) is 0.569. The average Bonchev–Trinajstić information content (AvgIpc) is 2.16. The van der Waals surface area contributed by atoms with Crippen LogP contribution in [-0.4, -0.2) is 9.97 Å². The van der Waals surface area contributed by atoms with Crippen molar-refractivity contribution >= 4 is 34.8 Å². The molecule has 0 radical (unpaired) electrons. The summed E-state index contributed by atoms with van der Waals surface area (Å²) in [5, 5.41) is 1.07. The number of benzene rings is 1. The highest BCUT2D eigenvalue weighted by atomic mass is 35.5. The molecule has 0 aliphatic heterocycles. The minimum atomic E-state index is 0.123. The molecule has 1 aromatic carbocycles. The Morgan fingerprint density at radius 3 is 2.40 bits per heavy atom. The zero-order chi connectivity index (χ0) is 10.8. The first-order chi connectivity index (χ1) is 7.15. The Kier molecular flexibility index (Phi) is 3.10. The molecule has 0 aliphatic carbocycles. The van der Waals surface area contributed by atoms with Crippen LogP contribution in [0.3, 0.4) is 0 Å². The fraction of sp³-hybridized carbons (Fsp3) is 0. The molecule has 76 valence electrons. The summed E-state index contributed by atoms with van der Waals surface area (Å²) >= 11 is 17.3. The lowest BCUT2D eigenvalue weighted by Gasteiger charge is -2.01. The minimum absolute atomic E-state index is 0.123. The molecule has 1 aromatic heterocycles. The van der Waals surface area contributed by atoms with E-state index in [2.05, 4.69) is 9.97 Å². The van der Waals surface area contributed by atoms with E-state index in [4.69, 9.17) is 34.8 Å². The van der Waals surface area contributed by atoms with Crippen LogP contribution < -0.4 is 0 Å². The average molecular weight is 260 g/mol. The molecular weight excluding hydrogens is 254 g/mol. The molecule has 5 heteroatoms. The SMILES string of the molecule is Clc1cccc(-c2cc(Cl)nc(Cl)n2)c1.